The van der Waals surface area contributed by atoms with Crippen molar-refractivity contribution in [2.45, 2.75) is 38.5 Å². The number of hydrogen-bond acceptors (Lipinski definition) is 6. The molecule has 2 amide bonds. The molecule has 2 aliphatic carbocycles. The van der Waals surface area contributed by atoms with Gasteiger partial charge in [-0.2, -0.15) is 4.98 Å². The number of carbonyl (C=O) groups is 2. The van der Waals surface area contributed by atoms with E-state index in [1.807, 2.05) is 0 Å². The summed E-state index contributed by atoms with van der Waals surface area (Å²) >= 11 is 1.52. The average Bonchev–Trinajstić information content (AvgIpc) is 3.16. The minimum atomic E-state index is -0.383. The molecule has 2 aromatic heterocycles. The van der Waals surface area contributed by atoms with E-state index in [1.54, 1.807) is 0 Å². The van der Waals surface area contributed by atoms with Crippen molar-refractivity contribution in [2.75, 3.05) is 10.6 Å². The molecule has 0 bridgehead atoms. The van der Waals surface area contributed by atoms with Gasteiger partial charge < -0.3 is 4.42 Å². The van der Waals surface area contributed by atoms with Crippen molar-refractivity contribution in [1.82, 2.24) is 9.97 Å². The molecule has 0 radical (unpaired) electrons. The molecule has 1 saturated carbocycles. The highest BCUT2D eigenvalue weighted by Crippen LogP contribution is 2.31. The molecule has 0 aliphatic heterocycles. The van der Waals surface area contributed by atoms with Crippen LogP contribution >= 0.6 is 11.3 Å². The molecule has 120 valence electrons. The van der Waals surface area contributed by atoms with Crippen LogP contribution in [0.15, 0.2) is 10.7 Å². The number of nitrogens with one attached hydrogen (secondary N) is 2. The Hall–Kier alpha value is -2.22. The first kappa shape index (κ1) is 14.4. The molecule has 0 aromatic carbocycles. The molecule has 8 heteroatoms. The third-order valence-electron chi connectivity index (χ3n) is 3.98. The summed E-state index contributed by atoms with van der Waals surface area (Å²) in [6.45, 7) is 0. The van der Waals surface area contributed by atoms with Crippen LogP contribution in [0.2, 0.25) is 0 Å². The second-order valence-corrected chi connectivity index (χ2v) is 6.94. The van der Waals surface area contributed by atoms with Crippen LogP contribution in [0, 0.1) is 5.92 Å². The van der Waals surface area contributed by atoms with Gasteiger partial charge >= 0.3 is 6.01 Å². The van der Waals surface area contributed by atoms with Crippen molar-refractivity contribution in [3.63, 3.8) is 0 Å². The van der Waals surface area contributed by atoms with Crippen molar-refractivity contribution < 1.29 is 14.0 Å². The predicted octanol–water partition coefficient (Wildman–Crippen LogP) is 2.61. The molecule has 7 nitrogen and oxygen atoms in total. The van der Waals surface area contributed by atoms with Gasteiger partial charge in [-0.3, -0.25) is 20.2 Å². The third kappa shape index (κ3) is 3.12. The van der Waals surface area contributed by atoms with Crippen LogP contribution in [0.3, 0.4) is 0 Å². The van der Waals surface area contributed by atoms with Gasteiger partial charge in [0, 0.05) is 10.8 Å². The van der Waals surface area contributed by atoms with E-state index in [9.17, 15) is 9.59 Å². The number of anilines is 2. The summed E-state index contributed by atoms with van der Waals surface area (Å²) in [5, 5.41) is 5.91. The molecule has 23 heavy (non-hydrogen) atoms. The number of nitrogens with zero attached hydrogens (tertiary/aromatic N) is 2. The minimum absolute atomic E-state index is 0.0563. The van der Waals surface area contributed by atoms with Gasteiger partial charge in [0.25, 0.3) is 5.91 Å². The topological polar surface area (TPSA) is 97.1 Å². The fraction of sp³-hybridized carbons (Fsp3) is 0.467. The summed E-state index contributed by atoms with van der Waals surface area (Å²) in [5.41, 5.74) is 1.22. The lowest BCUT2D eigenvalue weighted by molar-refractivity contribution is -0.117. The molecular formula is C15H16N4O3S. The van der Waals surface area contributed by atoms with Crippen LogP contribution in [0.5, 0.6) is 0 Å². The molecule has 0 unspecified atom stereocenters. The van der Waals surface area contributed by atoms with Gasteiger partial charge in [-0.15, -0.1) is 11.3 Å². The molecule has 2 aromatic rings. The molecule has 4 rings (SSSR count). The number of carbonyl (C=O) groups excluding carboxylic acids is 2. The lowest BCUT2D eigenvalue weighted by Crippen LogP contribution is -2.15. The van der Waals surface area contributed by atoms with E-state index in [0.717, 1.165) is 37.8 Å². The normalized spacial score (nSPS) is 16.7. The number of thiazole rings is 1. The Labute approximate surface area is 136 Å². The van der Waals surface area contributed by atoms with Gasteiger partial charge in [0.05, 0.1) is 5.69 Å². The van der Waals surface area contributed by atoms with Crippen molar-refractivity contribution in [2.24, 2.45) is 5.92 Å². The molecule has 0 saturated heterocycles. The lowest BCUT2D eigenvalue weighted by atomic mass is 10.0. The van der Waals surface area contributed by atoms with E-state index in [0.29, 0.717) is 5.13 Å². The molecule has 0 atom stereocenters. The first-order valence-corrected chi connectivity index (χ1v) is 8.57. The SMILES string of the molecule is O=C(Nc1nc2c(s1)CCCC2)c1coc(NC(=O)C2CC2)n1. The fourth-order valence-corrected chi connectivity index (χ4v) is 3.60. The van der Waals surface area contributed by atoms with Crippen molar-refractivity contribution in [3.8, 4) is 0 Å². The van der Waals surface area contributed by atoms with E-state index in [4.69, 9.17) is 4.42 Å². The number of amides is 2. The summed E-state index contributed by atoms with van der Waals surface area (Å²) in [7, 11) is 0. The number of oxazole rings is 1. The first-order valence-electron chi connectivity index (χ1n) is 7.75. The van der Waals surface area contributed by atoms with Gasteiger partial charge in [-0.1, -0.05) is 0 Å². The highest BCUT2D eigenvalue weighted by atomic mass is 32.1. The van der Waals surface area contributed by atoms with Gasteiger partial charge in [0.2, 0.25) is 5.91 Å². The van der Waals surface area contributed by atoms with Crippen molar-refractivity contribution in [3.05, 3.63) is 22.5 Å². The van der Waals surface area contributed by atoms with E-state index < -0.39 is 0 Å². The van der Waals surface area contributed by atoms with Crippen LogP contribution in [0.25, 0.3) is 0 Å². The van der Waals surface area contributed by atoms with E-state index in [-0.39, 0.29) is 29.4 Å². The summed E-state index contributed by atoms with van der Waals surface area (Å²) in [6, 6.07) is 0.0606. The number of aromatic nitrogens is 2. The summed E-state index contributed by atoms with van der Waals surface area (Å²) in [6.07, 6.45) is 7.37. The van der Waals surface area contributed by atoms with Crippen molar-refractivity contribution >= 4 is 34.3 Å². The van der Waals surface area contributed by atoms with E-state index >= 15 is 0 Å². The van der Waals surface area contributed by atoms with Gasteiger partial charge in [0.1, 0.15) is 6.26 Å². The Morgan fingerprint density at radius 1 is 1.17 bits per heavy atom. The van der Waals surface area contributed by atoms with E-state index in [2.05, 4.69) is 20.6 Å². The Kier molecular flexibility index (Phi) is 3.60. The Morgan fingerprint density at radius 2 is 2.00 bits per heavy atom. The Balaban J connectivity index is 1.41. The molecule has 1 fully saturated rings. The van der Waals surface area contributed by atoms with Crippen molar-refractivity contribution in [1.29, 1.82) is 0 Å². The van der Waals surface area contributed by atoms with Gasteiger partial charge in [0.15, 0.2) is 10.8 Å². The largest absolute Gasteiger partial charge is 0.431 e. The monoisotopic (exact) mass is 332 g/mol. The second kappa shape index (κ2) is 5.77. The van der Waals surface area contributed by atoms with E-state index in [1.165, 1.54) is 28.9 Å². The second-order valence-electron chi connectivity index (χ2n) is 5.85. The number of fused-ring (bicyclic) bond motifs is 1. The zero-order chi connectivity index (χ0) is 15.8. The first-order chi connectivity index (χ1) is 11.2. The smallest absolute Gasteiger partial charge is 0.302 e. The van der Waals surface area contributed by atoms with Crippen LogP contribution in [0.1, 0.15) is 46.7 Å². The summed E-state index contributed by atoms with van der Waals surface area (Å²) < 4.78 is 5.13. The fourth-order valence-electron chi connectivity index (χ4n) is 2.56. The standard InChI is InChI=1S/C15H16N4O3S/c20-12(8-5-6-8)18-14-16-10(7-22-14)13(21)19-15-17-9-3-1-2-4-11(9)23-15/h7-8H,1-6H2,(H,16,18,20)(H,17,19,21). The van der Waals surface area contributed by atoms with Crippen LogP contribution < -0.4 is 10.6 Å². The van der Waals surface area contributed by atoms with Gasteiger partial charge in [-0.05, 0) is 38.5 Å². The number of aryl methyl sites for hydroxylation is 2. The third-order valence-corrected chi connectivity index (χ3v) is 5.05. The van der Waals surface area contributed by atoms with Gasteiger partial charge in [-0.25, -0.2) is 4.98 Å². The minimum Gasteiger partial charge on any atom is -0.431 e. The zero-order valence-corrected chi connectivity index (χ0v) is 13.2. The Bertz CT molecular complexity index is 739. The maximum atomic E-state index is 12.2. The highest BCUT2D eigenvalue weighted by Gasteiger charge is 2.30. The molecular weight excluding hydrogens is 316 g/mol. The lowest BCUT2D eigenvalue weighted by Gasteiger charge is -2.06. The predicted molar refractivity (Wildman–Crippen MR) is 84.6 cm³/mol. The molecule has 2 heterocycles. The van der Waals surface area contributed by atoms with Crippen LogP contribution in [-0.4, -0.2) is 21.8 Å². The number of rotatable bonds is 4. The maximum absolute atomic E-state index is 12.2. The Morgan fingerprint density at radius 3 is 2.78 bits per heavy atom. The molecule has 2 N–H and O–H groups in total. The highest BCUT2D eigenvalue weighted by molar-refractivity contribution is 7.15. The average molecular weight is 332 g/mol. The van der Waals surface area contributed by atoms with Crippen LogP contribution in [0.4, 0.5) is 11.1 Å². The maximum Gasteiger partial charge on any atom is 0.302 e. The number of hydrogen-bond donors (Lipinski definition) is 2. The molecule has 0 spiro atoms. The quantitative estimate of drug-likeness (QED) is 0.897. The molecule has 2 aliphatic rings. The zero-order valence-electron chi connectivity index (χ0n) is 12.4. The summed E-state index contributed by atoms with van der Waals surface area (Å²) in [5.74, 6) is -0.431. The van der Waals surface area contributed by atoms with Crippen LogP contribution in [-0.2, 0) is 17.6 Å². The summed E-state index contributed by atoms with van der Waals surface area (Å²) in [4.78, 5) is 33.5.